The topological polar surface area (TPSA) is 52.1 Å². The van der Waals surface area contributed by atoms with Gasteiger partial charge in [-0.3, -0.25) is 0 Å². The second-order valence-corrected chi connectivity index (χ2v) is 3.25. The maximum absolute atomic E-state index is 5.20. The van der Waals surface area contributed by atoms with Gasteiger partial charge in [0.25, 0.3) is 0 Å². The van der Waals surface area contributed by atoms with Crippen LogP contribution in [0, 0.1) is 0 Å². The molecular formula is C12H9N2NaO2. The van der Waals surface area contributed by atoms with Crippen molar-refractivity contribution in [1.29, 1.82) is 0 Å². The minimum absolute atomic E-state index is 0. The molecule has 80 valence electrons. The van der Waals surface area contributed by atoms with Gasteiger partial charge in [-0.05, 0) is 24.3 Å². The van der Waals surface area contributed by atoms with Crippen molar-refractivity contribution in [2.45, 2.75) is 0 Å². The van der Waals surface area contributed by atoms with E-state index in [4.69, 9.17) is 8.83 Å². The minimum atomic E-state index is 0. The third-order valence-corrected chi connectivity index (χ3v) is 2.24. The third kappa shape index (κ3) is 2.49. The molecule has 0 bridgehead atoms. The molecule has 17 heavy (non-hydrogen) atoms. The number of hydrogen-bond acceptors (Lipinski definition) is 4. The Morgan fingerprint density at radius 3 is 1.41 bits per heavy atom. The number of hydrogen-bond donors (Lipinski definition) is 0. The van der Waals surface area contributed by atoms with Gasteiger partial charge in [0.1, 0.15) is 12.5 Å². The fourth-order valence-electron chi connectivity index (χ4n) is 1.49. The Morgan fingerprint density at radius 2 is 1.12 bits per heavy atom. The van der Waals surface area contributed by atoms with Crippen LogP contribution in [-0.2, 0) is 0 Å². The van der Waals surface area contributed by atoms with E-state index in [2.05, 4.69) is 9.97 Å². The summed E-state index contributed by atoms with van der Waals surface area (Å²) in [6.07, 6.45) is 6.35. The quantitative estimate of drug-likeness (QED) is 0.641. The van der Waals surface area contributed by atoms with E-state index in [1.165, 1.54) is 0 Å². The maximum atomic E-state index is 5.20. The van der Waals surface area contributed by atoms with Crippen LogP contribution in [0.15, 0.2) is 58.0 Å². The summed E-state index contributed by atoms with van der Waals surface area (Å²) in [7, 11) is 0. The zero-order valence-corrected chi connectivity index (χ0v) is 8.33. The van der Waals surface area contributed by atoms with Crippen molar-refractivity contribution >= 4 is 29.6 Å². The van der Waals surface area contributed by atoms with Crippen molar-refractivity contribution in [2.24, 2.45) is 0 Å². The Labute approximate surface area is 120 Å². The maximum Gasteiger partial charge on any atom is 0.225 e. The van der Waals surface area contributed by atoms with Gasteiger partial charge in [0.2, 0.25) is 11.8 Å². The molecule has 2 aromatic heterocycles. The van der Waals surface area contributed by atoms with Gasteiger partial charge in [-0.15, -0.1) is 0 Å². The first-order valence-corrected chi connectivity index (χ1v) is 4.83. The molecule has 0 radical (unpaired) electrons. The minimum Gasteiger partial charge on any atom is -0.445 e. The molecule has 0 spiro atoms. The van der Waals surface area contributed by atoms with Gasteiger partial charge in [-0.1, -0.05) is 0 Å². The molecule has 3 aromatic rings. The van der Waals surface area contributed by atoms with E-state index in [1.807, 2.05) is 24.3 Å². The molecule has 0 aliphatic rings. The summed E-state index contributed by atoms with van der Waals surface area (Å²) in [6.45, 7) is 0. The molecule has 0 unspecified atom stereocenters. The van der Waals surface area contributed by atoms with Gasteiger partial charge < -0.3 is 8.83 Å². The first kappa shape index (κ1) is 12.1. The molecule has 0 fully saturated rings. The van der Waals surface area contributed by atoms with Crippen molar-refractivity contribution in [1.82, 2.24) is 9.97 Å². The van der Waals surface area contributed by atoms with E-state index >= 15 is 0 Å². The first-order chi connectivity index (χ1) is 7.93. The SMILES string of the molecule is [NaH].c1coc(-c2ccc(-c3ncco3)cc2)n1. The smallest absolute Gasteiger partial charge is 0.225 e. The monoisotopic (exact) mass is 236 g/mol. The molecule has 3 rings (SSSR count). The molecule has 0 saturated carbocycles. The van der Waals surface area contributed by atoms with E-state index in [0.29, 0.717) is 11.8 Å². The number of oxazole rings is 2. The molecule has 0 N–H and O–H groups in total. The Bertz CT molecular complexity index is 506. The Kier molecular flexibility index (Phi) is 3.78. The molecule has 0 atom stereocenters. The van der Waals surface area contributed by atoms with Crippen LogP contribution in [0.4, 0.5) is 0 Å². The molecule has 0 saturated heterocycles. The zero-order chi connectivity index (χ0) is 10.8. The first-order valence-electron chi connectivity index (χ1n) is 4.83. The van der Waals surface area contributed by atoms with E-state index in [-0.39, 0.29) is 29.6 Å². The van der Waals surface area contributed by atoms with Crippen LogP contribution in [0.1, 0.15) is 0 Å². The Hall–Kier alpha value is -1.36. The number of benzene rings is 1. The summed E-state index contributed by atoms with van der Waals surface area (Å²) in [5, 5.41) is 0. The van der Waals surface area contributed by atoms with Crippen molar-refractivity contribution in [3.05, 3.63) is 49.2 Å². The fraction of sp³-hybridized carbons (Fsp3) is 0. The summed E-state index contributed by atoms with van der Waals surface area (Å²) >= 11 is 0. The van der Waals surface area contributed by atoms with Crippen molar-refractivity contribution in [3.8, 4) is 22.9 Å². The van der Waals surface area contributed by atoms with E-state index < -0.39 is 0 Å². The van der Waals surface area contributed by atoms with E-state index in [1.54, 1.807) is 24.9 Å². The Morgan fingerprint density at radius 1 is 0.706 bits per heavy atom. The van der Waals surface area contributed by atoms with Gasteiger partial charge in [-0.2, -0.15) is 0 Å². The van der Waals surface area contributed by atoms with Crippen LogP contribution >= 0.6 is 0 Å². The standard InChI is InChI=1S/C12H8N2O2.Na.H/c1-2-10(12-14-6-8-16-12)4-3-9(1)11-13-5-7-15-11;;/h1-8H;;. The van der Waals surface area contributed by atoms with E-state index in [0.717, 1.165) is 11.1 Å². The van der Waals surface area contributed by atoms with Crippen molar-refractivity contribution < 1.29 is 8.83 Å². The van der Waals surface area contributed by atoms with Crippen molar-refractivity contribution in [3.63, 3.8) is 0 Å². The van der Waals surface area contributed by atoms with Crippen LogP contribution in [0.25, 0.3) is 22.9 Å². The van der Waals surface area contributed by atoms with Crippen molar-refractivity contribution in [2.75, 3.05) is 0 Å². The van der Waals surface area contributed by atoms with Gasteiger partial charge in [0.05, 0.1) is 12.4 Å². The summed E-state index contributed by atoms with van der Waals surface area (Å²) < 4.78 is 10.4. The normalized spacial score (nSPS) is 9.88. The second-order valence-electron chi connectivity index (χ2n) is 3.25. The van der Waals surface area contributed by atoms with E-state index in [9.17, 15) is 0 Å². The summed E-state index contributed by atoms with van der Waals surface area (Å²) in [5.41, 5.74) is 1.86. The van der Waals surface area contributed by atoms with Gasteiger partial charge in [-0.25, -0.2) is 9.97 Å². The molecule has 5 heteroatoms. The van der Waals surface area contributed by atoms with Crippen LogP contribution in [0.3, 0.4) is 0 Å². The molecule has 0 aliphatic heterocycles. The molecule has 0 amide bonds. The summed E-state index contributed by atoms with van der Waals surface area (Å²) in [5.74, 6) is 1.22. The van der Waals surface area contributed by atoms with Gasteiger partial charge in [0, 0.05) is 11.1 Å². The van der Waals surface area contributed by atoms with Crippen LogP contribution < -0.4 is 0 Å². The fourth-order valence-corrected chi connectivity index (χ4v) is 1.49. The molecular weight excluding hydrogens is 227 g/mol. The van der Waals surface area contributed by atoms with Crippen LogP contribution in [0.5, 0.6) is 0 Å². The average Bonchev–Trinajstić information content (AvgIpc) is 3.03. The Balaban J connectivity index is 0.00000108. The average molecular weight is 236 g/mol. The van der Waals surface area contributed by atoms with Gasteiger partial charge >= 0.3 is 29.6 Å². The predicted octanol–water partition coefficient (Wildman–Crippen LogP) is 2.35. The third-order valence-electron chi connectivity index (χ3n) is 2.24. The molecule has 0 aliphatic carbocycles. The van der Waals surface area contributed by atoms with Gasteiger partial charge in [0.15, 0.2) is 0 Å². The largest absolute Gasteiger partial charge is 0.445 e. The number of nitrogens with zero attached hydrogens (tertiary/aromatic N) is 2. The predicted molar refractivity (Wildman–Crippen MR) is 64.6 cm³/mol. The van der Waals surface area contributed by atoms with Crippen LogP contribution in [0.2, 0.25) is 0 Å². The second kappa shape index (κ2) is 5.31. The summed E-state index contributed by atoms with van der Waals surface area (Å²) in [6, 6.07) is 7.69. The number of aromatic nitrogens is 2. The molecule has 1 aromatic carbocycles. The molecule has 4 nitrogen and oxygen atoms in total. The van der Waals surface area contributed by atoms with Crippen LogP contribution in [-0.4, -0.2) is 39.5 Å². The number of rotatable bonds is 2. The summed E-state index contributed by atoms with van der Waals surface area (Å²) in [4.78, 5) is 8.15. The molecule has 2 heterocycles. The zero-order valence-electron chi connectivity index (χ0n) is 8.33.